The third-order valence-corrected chi connectivity index (χ3v) is 7.41. The molecular weight excluding hydrogens is 395 g/mol. The van der Waals surface area contributed by atoms with Crippen LogP contribution in [0.15, 0.2) is 109 Å². The maximum Gasteiger partial charge on any atom is 0.242 e. The number of benzene rings is 6. The fourth-order valence-corrected chi connectivity index (χ4v) is 6.15. The maximum atomic E-state index is 2.44. The molecule has 0 atom stereocenters. The molecule has 0 amide bonds. The first-order chi connectivity index (χ1) is 16.2. The molecule has 0 nitrogen and oxygen atoms in total. The lowest BCUT2D eigenvalue weighted by Gasteiger charge is -2.20. The minimum absolute atomic E-state index is 0.197. The summed E-state index contributed by atoms with van der Waals surface area (Å²) in [5.74, 6) is 0. The van der Waals surface area contributed by atoms with Crippen LogP contribution in [-0.4, -0.2) is 6.71 Å². The van der Waals surface area contributed by atoms with Crippen LogP contribution in [0.1, 0.15) is 25.0 Å². The molecule has 0 saturated heterocycles. The molecule has 0 N–H and O–H groups in total. The van der Waals surface area contributed by atoms with Gasteiger partial charge in [0.05, 0.1) is 0 Å². The fourth-order valence-electron chi connectivity index (χ4n) is 6.15. The van der Waals surface area contributed by atoms with Gasteiger partial charge in [0, 0.05) is 0 Å². The van der Waals surface area contributed by atoms with E-state index < -0.39 is 0 Å². The number of hydrogen-bond acceptors (Lipinski definition) is 0. The second-order valence-electron chi connectivity index (χ2n) is 9.50. The molecule has 33 heavy (non-hydrogen) atoms. The van der Waals surface area contributed by atoms with Crippen LogP contribution < -0.4 is 16.4 Å². The van der Waals surface area contributed by atoms with Gasteiger partial charge in [-0.05, 0) is 68.9 Å². The lowest BCUT2D eigenvalue weighted by atomic mass is 9.36. The normalized spacial score (nSPS) is 13.0. The van der Waals surface area contributed by atoms with Gasteiger partial charge < -0.3 is 0 Å². The Kier molecular flexibility index (Phi) is 3.87. The zero-order valence-electron chi connectivity index (χ0n) is 18.9. The molecule has 7 rings (SSSR count). The van der Waals surface area contributed by atoms with E-state index in [9.17, 15) is 0 Å². The molecule has 1 heterocycles. The van der Waals surface area contributed by atoms with Crippen LogP contribution in [0.5, 0.6) is 0 Å². The molecule has 0 aliphatic carbocycles. The van der Waals surface area contributed by atoms with Gasteiger partial charge in [0.1, 0.15) is 0 Å². The average molecular weight is 418 g/mol. The van der Waals surface area contributed by atoms with Gasteiger partial charge >= 0.3 is 0 Å². The molecule has 0 unspecified atom stereocenters. The summed E-state index contributed by atoms with van der Waals surface area (Å²) in [5, 5.41) is 8.18. The predicted molar refractivity (Wildman–Crippen MR) is 145 cm³/mol. The number of fused-ring (bicyclic) bond motifs is 1. The summed E-state index contributed by atoms with van der Waals surface area (Å²) in [6, 6.07) is 38.5. The van der Waals surface area contributed by atoms with Gasteiger partial charge in [-0.2, -0.15) is 0 Å². The molecule has 6 aromatic carbocycles. The lowest BCUT2D eigenvalue weighted by Crippen LogP contribution is -2.52. The summed E-state index contributed by atoms with van der Waals surface area (Å²) in [5.41, 5.74) is 9.61. The Balaban J connectivity index is 1.78. The Morgan fingerprint density at radius 3 is 2.03 bits per heavy atom. The van der Waals surface area contributed by atoms with Crippen molar-refractivity contribution in [1.82, 2.24) is 0 Å². The second-order valence-corrected chi connectivity index (χ2v) is 9.50. The number of hydrogen-bond donors (Lipinski definition) is 0. The molecule has 154 valence electrons. The predicted octanol–water partition coefficient (Wildman–Crippen LogP) is 6.26. The Morgan fingerprint density at radius 2 is 1.21 bits per heavy atom. The van der Waals surface area contributed by atoms with Crippen LogP contribution in [0.3, 0.4) is 0 Å². The van der Waals surface area contributed by atoms with Crippen molar-refractivity contribution >= 4 is 61.0 Å². The summed E-state index contributed by atoms with van der Waals surface area (Å²) >= 11 is 0. The number of allylic oxidation sites excluding steroid dienone is 1. The first-order valence-corrected chi connectivity index (χ1v) is 11.7. The third kappa shape index (κ3) is 2.54. The summed E-state index contributed by atoms with van der Waals surface area (Å²) in [6.45, 7) is 4.72. The maximum absolute atomic E-state index is 2.44. The van der Waals surface area contributed by atoms with Gasteiger partial charge in [0.2, 0.25) is 6.71 Å². The number of rotatable bonds is 1. The van der Waals surface area contributed by atoms with E-state index in [4.69, 9.17) is 0 Å². The van der Waals surface area contributed by atoms with Gasteiger partial charge in [0.15, 0.2) is 0 Å². The summed E-state index contributed by atoms with van der Waals surface area (Å²) in [7, 11) is 0. The van der Waals surface area contributed by atoms with E-state index in [2.05, 4.69) is 117 Å². The zero-order valence-corrected chi connectivity index (χ0v) is 18.9. The largest absolute Gasteiger partial charge is 0.242 e. The molecule has 0 spiro atoms. The van der Waals surface area contributed by atoms with Crippen LogP contribution in [0, 0.1) is 0 Å². The summed E-state index contributed by atoms with van der Waals surface area (Å²) in [6.07, 6.45) is 0. The highest BCUT2D eigenvalue weighted by Crippen LogP contribution is 2.41. The molecule has 0 fully saturated rings. The molecule has 0 saturated carbocycles. The van der Waals surface area contributed by atoms with E-state index in [-0.39, 0.29) is 6.71 Å². The smallest absolute Gasteiger partial charge is 0.0686 e. The van der Waals surface area contributed by atoms with E-state index in [1.54, 1.807) is 0 Å². The Hall–Kier alpha value is -3.84. The van der Waals surface area contributed by atoms with Gasteiger partial charge in [-0.15, -0.1) is 0 Å². The molecule has 0 aromatic heterocycles. The highest BCUT2D eigenvalue weighted by Gasteiger charge is 2.32. The van der Waals surface area contributed by atoms with E-state index in [1.165, 1.54) is 71.0 Å². The van der Waals surface area contributed by atoms with Crippen molar-refractivity contribution in [3.8, 4) is 0 Å². The van der Waals surface area contributed by atoms with E-state index in [0.717, 1.165) is 0 Å². The summed E-state index contributed by atoms with van der Waals surface area (Å²) < 4.78 is 0. The van der Waals surface area contributed by atoms with Crippen LogP contribution >= 0.6 is 0 Å². The topological polar surface area (TPSA) is 0 Å². The molecule has 1 aliphatic heterocycles. The van der Waals surface area contributed by atoms with Crippen molar-refractivity contribution in [3.05, 3.63) is 120 Å². The zero-order chi connectivity index (χ0) is 22.1. The van der Waals surface area contributed by atoms with Crippen LogP contribution in [0.2, 0.25) is 0 Å². The summed E-state index contributed by atoms with van der Waals surface area (Å²) in [4.78, 5) is 0. The van der Waals surface area contributed by atoms with E-state index in [0.29, 0.717) is 0 Å². The van der Waals surface area contributed by atoms with Crippen molar-refractivity contribution in [3.63, 3.8) is 0 Å². The lowest BCUT2D eigenvalue weighted by molar-refractivity contribution is 1.39. The van der Waals surface area contributed by atoms with Crippen molar-refractivity contribution in [2.45, 2.75) is 13.8 Å². The van der Waals surface area contributed by atoms with Crippen LogP contribution in [0.4, 0.5) is 0 Å². The van der Waals surface area contributed by atoms with E-state index in [1.807, 2.05) is 0 Å². The minimum atomic E-state index is 0.197. The first-order valence-electron chi connectivity index (χ1n) is 11.7. The molecule has 1 aliphatic rings. The van der Waals surface area contributed by atoms with Gasteiger partial charge in [-0.3, -0.25) is 0 Å². The minimum Gasteiger partial charge on any atom is -0.0686 e. The van der Waals surface area contributed by atoms with Gasteiger partial charge in [0.25, 0.3) is 0 Å². The van der Waals surface area contributed by atoms with Crippen molar-refractivity contribution in [1.29, 1.82) is 0 Å². The third-order valence-electron chi connectivity index (χ3n) is 7.41. The van der Waals surface area contributed by atoms with Gasteiger partial charge in [-0.1, -0.05) is 119 Å². The Bertz CT molecular complexity index is 1720. The first kappa shape index (κ1) is 18.7. The highest BCUT2D eigenvalue weighted by molar-refractivity contribution is 6.97. The molecule has 0 bridgehead atoms. The van der Waals surface area contributed by atoms with Crippen molar-refractivity contribution in [2.24, 2.45) is 0 Å². The monoisotopic (exact) mass is 418 g/mol. The van der Waals surface area contributed by atoms with Crippen molar-refractivity contribution in [2.75, 3.05) is 0 Å². The average Bonchev–Trinajstić information content (AvgIpc) is 2.97. The standard InChI is InChI=1S/C32H23B/c1-20(2)29-25-13-6-7-14-27(25)33(24-11-4-3-5-12-24)28-18-17-22-16-15-21-9-8-10-23-19-26(29)32(28)31(22)30(21)23/h3-19H,1-2H3. The molecular formula is C32H23B. The SMILES string of the molecule is CC(C)=C1c2ccccc2B(c2ccccc2)c2ccc3ccc4cccc5cc1c2c3c45. The fraction of sp³-hybridized carbons (Fsp3) is 0.0625. The Labute approximate surface area is 194 Å². The van der Waals surface area contributed by atoms with Crippen LogP contribution in [0.25, 0.3) is 37.9 Å². The quantitative estimate of drug-likeness (QED) is 0.218. The van der Waals surface area contributed by atoms with E-state index >= 15 is 0 Å². The molecule has 1 heteroatoms. The second kappa shape index (κ2) is 6.83. The molecule has 6 aromatic rings. The molecule has 0 radical (unpaired) electrons. The van der Waals surface area contributed by atoms with Crippen molar-refractivity contribution < 1.29 is 0 Å². The van der Waals surface area contributed by atoms with Gasteiger partial charge in [-0.25, -0.2) is 0 Å². The van der Waals surface area contributed by atoms with Crippen LogP contribution in [-0.2, 0) is 0 Å². The Morgan fingerprint density at radius 1 is 0.515 bits per heavy atom. The highest BCUT2D eigenvalue weighted by atomic mass is 14.2.